The molecule has 0 amide bonds. The van der Waals surface area contributed by atoms with Crippen LogP contribution in [0.15, 0.2) is 66.9 Å². The summed E-state index contributed by atoms with van der Waals surface area (Å²) in [6.07, 6.45) is 14.4. The number of aryl methyl sites for hydroxylation is 2. The summed E-state index contributed by atoms with van der Waals surface area (Å²) in [5.41, 5.74) is 6.76. The van der Waals surface area contributed by atoms with Crippen molar-refractivity contribution in [2.45, 2.75) is 109 Å². The van der Waals surface area contributed by atoms with E-state index < -0.39 is 7.14 Å². The third kappa shape index (κ3) is 7.53. The monoisotopic (exact) mass is 756 g/mol. The Balaban J connectivity index is 0.000000189. The van der Waals surface area contributed by atoms with E-state index >= 15 is 0 Å². The molecule has 3 aromatic carbocycles. The first-order valence-electron chi connectivity index (χ1n) is 15.8. The van der Waals surface area contributed by atoms with Crippen molar-refractivity contribution in [3.05, 3.63) is 95.7 Å². The van der Waals surface area contributed by atoms with Crippen molar-refractivity contribution in [3.63, 3.8) is 0 Å². The molecular weight excluding hydrogens is 710 g/mol. The molecular formula is C38H46IrNOP-2. The van der Waals surface area contributed by atoms with Crippen LogP contribution in [0, 0.1) is 26.0 Å². The molecule has 2 fully saturated rings. The maximum atomic E-state index is 14.1. The first-order valence-corrected chi connectivity index (χ1v) is 17.7. The predicted molar refractivity (Wildman–Crippen MR) is 176 cm³/mol. The minimum absolute atomic E-state index is 0. The fraction of sp³-hybridized carbons (Fsp3) is 0.447. The van der Waals surface area contributed by atoms with Gasteiger partial charge in [-0.2, -0.15) is 30.3 Å². The van der Waals surface area contributed by atoms with Gasteiger partial charge in [-0.25, -0.2) is 0 Å². The average Bonchev–Trinajstić information content (AvgIpc) is 3.01. The van der Waals surface area contributed by atoms with Crippen LogP contribution in [0.2, 0.25) is 0 Å². The van der Waals surface area contributed by atoms with Crippen LogP contribution in [0.1, 0.15) is 101 Å². The molecule has 1 aromatic heterocycles. The quantitative estimate of drug-likeness (QED) is 0.150. The van der Waals surface area contributed by atoms with Crippen molar-refractivity contribution in [1.82, 2.24) is 4.98 Å². The molecule has 42 heavy (non-hydrogen) atoms. The molecule has 0 N–H and O–H groups in total. The van der Waals surface area contributed by atoms with Gasteiger partial charge in [0.05, 0.1) is 7.14 Å². The number of hydrogen-bond acceptors (Lipinski definition) is 2. The van der Waals surface area contributed by atoms with Crippen molar-refractivity contribution in [2.75, 3.05) is 0 Å². The van der Waals surface area contributed by atoms with Gasteiger partial charge in [0.2, 0.25) is 0 Å². The predicted octanol–water partition coefficient (Wildman–Crippen LogP) is 10.6. The zero-order chi connectivity index (χ0) is 28.8. The first-order chi connectivity index (χ1) is 19.9. The molecule has 0 spiro atoms. The maximum absolute atomic E-state index is 14.1. The fourth-order valence-electron chi connectivity index (χ4n) is 7.02. The molecule has 6 rings (SSSR count). The van der Waals surface area contributed by atoms with E-state index in [0.29, 0.717) is 17.2 Å². The van der Waals surface area contributed by atoms with Crippen LogP contribution < -0.4 is 5.30 Å². The standard InChI is InChI=1S/C20H20N.C18H26OP.Ir/c1-13(2)16-5-6-19-17(12-16)7-8-21-20(19)18-10-14(3)9-15(4)11-18;19-20(16-10-4-1-5-11-16,17-12-6-2-7-13-17)18-14-8-3-9-15-18;/h5-10,12-13H,1-4H3;1,4-5,10,17-18H,2-3,6-9,12-15H2;/q2*-1;. The molecule has 4 aromatic rings. The Kier molecular flexibility index (Phi) is 11.8. The SMILES string of the molecule is Cc1[c-]c(-c2nccc3cc(C(C)C)ccc23)cc(C)c1.O=P(c1[c-]cccc1)(C1CCCCC1)C1CCCCC1.[Ir]. The van der Waals surface area contributed by atoms with Crippen molar-refractivity contribution < 1.29 is 24.7 Å². The number of nitrogens with zero attached hydrogens (tertiary/aromatic N) is 1. The molecule has 2 nitrogen and oxygen atoms in total. The summed E-state index contributed by atoms with van der Waals surface area (Å²) in [6, 6.07) is 27.9. The van der Waals surface area contributed by atoms with E-state index in [1.807, 2.05) is 24.4 Å². The van der Waals surface area contributed by atoms with Crippen LogP contribution in [0.25, 0.3) is 22.0 Å². The van der Waals surface area contributed by atoms with Crippen LogP contribution in [-0.4, -0.2) is 16.3 Å². The van der Waals surface area contributed by atoms with Crippen LogP contribution in [0.5, 0.6) is 0 Å². The summed E-state index contributed by atoms with van der Waals surface area (Å²) in [7, 11) is -2.28. The Morgan fingerprint density at radius 2 is 1.50 bits per heavy atom. The van der Waals surface area contributed by atoms with Gasteiger partial charge < -0.3 is 9.55 Å². The fourth-order valence-corrected chi connectivity index (χ4v) is 11.3. The van der Waals surface area contributed by atoms with Crippen molar-refractivity contribution in [1.29, 1.82) is 0 Å². The molecule has 0 bridgehead atoms. The third-order valence-electron chi connectivity index (χ3n) is 9.16. The smallest absolute Gasteiger partial charge is 0.0978 e. The zero-order valence-corrected chi connectivity index (χ0v) is 29.1. The minimum atomic E-state index is -2.28. The van der Waals surface area contributed by atoms with Gasteiger partial charge in [-0.15, -0.1) is 40.2 Å². The summed E-state index contributed by atoms with van der Waals surface area (Å²) >= 11 is 0. The van der Waals surface area contributed by atoms with E-state index in [-0.39, 0.29) is 20.1 Å². The second-order valence-electron chi connectivity index (χ2n) is 12.6. The Hall–Kier alpha value is -2.05. The van der Waals surface area contributed by atoms with Crippen molar-refractivity contribution in [3.8, 4) is 11.3 Å². The number of benzene rings is 3. The first kappa shape index (κ1) is 32.9. The summed E-state index contributed by atoms with van der Waals surface area (Å²) < 4.78 is 14.1. The Labute approximate surface area is 267 Å². The molecule has 1 radical (unpaired) electrons. The average molecular weight is 756 g/mol. The van der Waals surface area contributed by atoms with Crippen LogP contribution >= 0.6 is 7.14 Å². The molecule has 2 aliphatic carbocycles. The van der Waals surface area contributed by atoms with Crippen LogP contribution in [0.4, 0.5) is 0 Å². The molecule has 0 unspecified atom stereocenters. The van der Waals surface area contributed by atoms with E-state index in [2.05, 4.69) is 87.3 Å². The van der Waals surface area contributed by atoms with Gasteiger partial charge in [-0.3, -0.25) is 0 Å². The molecule has 0 saturated heterocycles. The number of rotatable bonds is 5. The number of fused-ring (bicyclic) bond motifs is 1. The maximum Gasteiger partial charge on any atom is 0.0978 e. The molecule has 225 valence electrons. The van der Waals surface area contributed by atoms with Gasteiger partial charge in [0.1, 0.15) is 0 Å². The van der Waals surface area contributed by atoms with Gasteiger partial charge in [0.15, 0.2) is 0 Å². The van der Waals surface area contributed by atoms with E-state index in [9.17, 15) is 4.57 Å². The summed E-state index contributed by atoms with van der Waals surface area (Å²) in [4.78, 5) is 4.60. The Bertz CT molecular complexity index is 1440. The summed E-state index contributed by atoms with van der Waals surface area (Å²) in [5.74, 6) is 0.541. The van der Waals surface area contributed by atoms with Gasteiger partial charge >= 0.3 is 0 Å². The van der Waals surface area contributed by atoms with E-state index in [1.165, 1.54) is 86.1 Å². The van der Waals surface area contributed by atoms with Gasteiger partial charge in [0.25, 0.3) is 0 Å². The third-order valence-corrected chi connectivity index (χ3v) is 13.4. The second-order valence-corrected chi connectivity index (χ2v) is 16.0. The van der Waals surface area contributed by atoms with Gasteiger partial charge in [-0.1, -0.05) is 84.4 Å². The molecule has 2 saturated carbocycles. The van der Waals surface area contributed by atoms with Crippen LogP contribution in [0.3, 0.4) is 0 Å². The molecule has 2 aliphatic rings. The number of pyridine rings is 1. The summed E-state index contributed by atoms with van der Waals surface area (Å²) in [6.45, 7) is 8.65. The molecule has 1 heterocycles. The van der Waals surface area contributed by atoms with Crippen molar-refractivity contribution >= 4 is 23.2 Å². The van der Waals surface area contributed by atoms with E-state index in [1.54, 1.807) is 0 Å². The minimum Gasteiger partial charge on any atom is -0.320 e. The topological polar surface area (TPSA) is 30.0 Å². The summed E-state index contributed by atoms with van der Waals surface area (Å²) in [5, 5.41) is 3.50. The molecule has 0 aliphatic heterocycles. The van der Waals surface area contributed by atoms with E-state index in [4.69, 9.17) is 0 Å². The Morgan fingerprint density at radius 1 is 0.833 bits per heavy atom. The second kappa shape index (κ2) is 15.1. The Morgan fingerprint density at radius 3 is 2.07 bits per heavy atom. The van der Waals surface area contributed by atoms with E-state index in [0.717, 1.165) is 22.1 Å². The van der Waals surface area contributed by atoms with Gasteiger partial charge in [-0.05, 0) is 59.7 Å². The van der Waals surface area contributed by atoms with Crippen molar-refractivity contribution in [2.24, 2.45) is 0 Å². The number of hydrogen-bond donors (Lipinski definition) is 0. The normalized spacial score (nSPS) is 16.5. The van der Waals surface area contributed by atoms with Gasteiger partial charge in [0, 0.05) is 37.6 Å². The molecule has 4 heteroatoms. The van der Waals surface area contributed by atoms with Crippen LogP contribution in [-0.2, 0) is 24.7 Å². The number of aromatic nitrogens is 1. The molecule has 0 atom stereocenters. The largest absolute Gasteiger partial charge is 0.320 e. The zero-order valence-electron chi connectivity index (χ0n) is 25.8.